The zero-order valence-corrected chi connectivity index (χ0v) is 16.1. The van der Waals surface area contributed by atoms with Gasteiger partial charge in [-0.15, -0.1) is 0 Å². The van der Waals surface area contributed by atoms with Gasteiger partial charge in [0, 0.05) is 36.0 Å². The van der Waals surface area contributed by atoms with Crippen LogP contribution in [-0.2, 0) is 12.0 Å². The molecule has 28 heavy (non-hydrogen) atoms. The van der Waals surface area contributed by atoms with Gasteiger partial charge in [0.25, 0.3) is 0 Å². The van der Waals surface area contributed by atoms with Gasteiger partial charge in [0.2, 0.25) is 0 Å². The van der Waals surface area contributed by atoms with Crippen LogP contribution in [0.5, 0.6) is 5.75 Å². The van der Waals surface area contributed by atoms with Crippen LogP contribution in [0, 0.1) is 0 Å². The predicted octanol–water partition coefficient (Wildman–Crippen LogP) is 3.30. The van der Waals surface area contributed by atoms with E-state index < -0.39 is 0 Å². The first-order valence-electron chi connectivity index (χ1n) is 9.91. The fourth-order valence-electron chi connectivity index (χ4n) is 4.45. The van der Waals surface area contributed by atoms with Gasteiger partial charge >= 0.3 is 0 Å². The van der Waals surface area contributed by atoms with Crippen LogP contribution in [0.4, 0.5) is 5.82 Å². The molecule has 1 spiro atoms. The van der Waals surface area contributed by atoms with Crippen molar-refractivity contribution in [2.75, 3.05) is 18.8 Å². The molecule has 2 aromatic heterocycles. The Morgan fingerprint density at radius 3 is 2.86 bits per heavy atom. The number of hydrogen-bond donors (Lipinski definition) is 2. The third-order valence-corrected chi connectivity index (χ3v) is 6.12. The van der Waals surface area contributed by atoms with E-state index >= 15 is 0 Å². The van der Waals surface area contributed by atoms with Crippen LogP contribution >= 0.6 is 0 Å². The van der Waals surface area contributed by atoms with Crippen molar-refractivity contribution in [2.45, 2.75) is 37.8 Å². The van der Waals surface area contributed by atoms with E-state index in [-0.39, 0.29) is 11.5 Å². The molecule has 1 aromatic carbocycles. The lowest BCUT2D eigenvalue weighted by Gasteiger charge is -2.20. The lowest BCUT2D eigenvalue weighted by Crippen LogP contribution is -2.25. The van der Waals surface area contributed by atoms with E-state index in [2.05, 4.69) is 21.0 Å². The van der Waals surface area contributed by atoms with Crippen LogP contribution in [-0.4, -0.2) is 27.9 Å². The SMILES string of the molecule is CC(Oc1cc(-c2cc3n(n2)CC[C@@]32CCNC2)cnc1N)c1ccccc1. The molecular formula is C22H25N5O. The van der Waals surface area contributed by atoms with Crippen molar-refractivity contribution in [3.63, 3.8) is 0 Å². The molecule has 6 heteroatoms. The maximum atomic E-state index is 6.13. The minimum atomic E-state index is -0.111. The zero-order valence-electron chi connectivity index (χ0n) is 16.1. The molecule has 4 heterocycles. The van der Waals surface area contributed by atoms with E-state index in [9.17, 15) is 0 Å². The Morgan fingerprint density at radius 2 is 2.07 bits per heavy atom. The highest BCUT2D eigenvalue weighted by molar-refractivity contribution is 5.64. The van der Waals surface area contributed by atoms with E-state index in [1.165, 1.54) is 18.5 Å². The highest BCUT2D eigenvalue weighted by atomic mass is 16.5. The van der Waals surface area contributed by atoms with Gasteiger partial charge in [-0.25, -0.2) is 4.98 Å². The molecule has 0 saturated carbocycles. The Bertz CT molecular complexity index is 991. The summed E-state index contributed by atoms with van der Waals surface area (Å²) in [5, 5.41) is 8.35. The maximum absolute atomic E-state index is 6.13. The van der Waals surface area contributed by atoms with Crippen LogP contribution in [0.1, 0.15) is 37.1 Å². The van der Waals surface area contributed by atoms with E-state index in [4.69, 9.17) is 15.6 Å². The molecule has 3 aromatic rings. The van der Waals surface area contributed by atoms with Gasteiger partial charge in [-0.05, 0) is 44.0 Å². The zero-order chi connectivity index (χ0) is 19.1. The van der Waals surface area contributed by atoms with Gasteiger partial charge in [0.15, 0.2) is 11.6 Å². The summed E-state index contributed by atoms with van der Waals surface area (Å²) >= 11 is 0. The highest BCUT2D eigenvalue weighted by Crippen LogP contribution is 2.41. The van der Waals surface area contributed by atoms with Crippen molar-refractivity contribution in [3.8, 4) is 17.0 Å². The van der Waals surface area contributed by atoms with Crippen LogP contribution in [0.15, 0.2) is 48.7 Å². The Hall–Kier alpha value is -2.86. The summed E-state index contributed by atoms with van der Waals surface area (Å²) in [6.45, 7) is 5.12. The second-order valence-corrected chi connectivity index (χ2v) is 7.87. The number of anilines is 1. The van der Waals surface area contributed by atoms with E-state index in [0.29, 0.717) is 11.6 Å². The number of aryl methyl sites for hydroxylation is 1. The summed E-state index contributed by atoms with van der Waals surface area (Å²) < 4.78 is 8.29. The van der Waals surface area contributed by atoms with E-state index in [1.54, 1.807) is 6.20 Å². The Balaban J connectivity index is 1.44. The summed E-state index contributed by atoms with van der Waals surface area (Å²) in [6, 6.07) is 14.3. The van der Waals surface area contributed by atoms with Gasteiger partial charge < -0.3 is 15.8 Å². The number of nitrogens with zero attached hydrogens (tertiary/aromatic N) is 3. The number of ether oxygens (including phenoxy) is 1. The molecule has 0 amide bonds. The molecule has 0 bridgehead atoms. The molecule has 2 aliphatic rings. The highest BCUT2D eigenvalue weighted by Gasteiger charge is 2.42. The van der Waals surface area contributed by atoms with Crippen LogP contribution < -0.4 is 15.8 Å². The van der Waals surface area contributed by atoms with Crippen LogP contribution in [0.3, 0.4) is 0 Å². The van der Waals surface area contributed by atoms with Gasteiger partial charge in [-0.2, -0.15) is 5.10 Å². The standard InChI is InChI=1S/C22H25N5O/c1-15(16-5-3-2-4-6-16)28-19-11-17(13-25-21(19)23)18-12-20-22(7-9-24-14-22)8-10-27(20)26-18/h2-6,11-13,15,24H,7-10,14H2,1H3,(H2,23,25)/t15?,22-/m1/s1. The molecule has 1 unspecified atom stereocenters. The second kappa shape index (κ2) is 6.63. The summed E-state index contributed by atoms with van der Waals surface area (Å²) in [4.78, 5) is 4.37. The molecule has 144 valence electrons. The van der Waals surface area contributed by atoms with Crippen molar-refractivity contribution in [1.29, 1.82) is 0 Å². The molecular weight excluding hydrogens is 350 g/mol. The molecule has 1 fully saturated rings. The number of nitrogens with one attached hydrogen (secondary N) is 1. The predicted molar refractivity (Wildman–Crippen MR) is 109 cm³/mol. The normalized spacial score (nSPS) is 21.8. The van der Waals surface area contributed by atoms with Gasteiger partial charge in [0.1, 0.15) is 6.10 Å². The molecule has 6 nitrogen and oxygen atoms in total. The van der Waals surface area contributed by atoms with Crippen LogP contribution in [0.2, 0.25) is 0 Å². The van der Waals surface area contributed by atoms with Gasteiger partial charge in [-0.3, -0.25) is 4.68 Å². The third-order valence-electron chi connectivity index (χ3n) is 6.12. The number of fused-ring (bicyclic) bond motifs is 2. The molecule has 2 atom stereocenters. The Labute approximate surface area is 164 Å². The molecule has 5 rings (SSSR count). The topological polar surface area (TPSA) is 78.0 Å². The first-order valence-corrected chi connectivity index (χ1v) is 9.91. The summed E-state index contributed by atoms with van der Waals surface area (Å²) in [6.07, 6.45) is 4.03. The lowest BCUT2D eigenvalue weighted by molar-refractivity contribution is 0.227. The summed E-state index contributed by atoms with van der Waals surface area (Å²) in [5.74, 6) is 0.994. The first-order chi connectivity index (χ1) is 13.6. The minimum Gasteiger partial charge on any atom is -0.482 e. The number of hydrogen-bond acceptors (Lipinski definition) is 5. The quantitative estimate of drug-likeness (QED) is 0.732. The van der Waals surface area contributed by atoms with Crippen molar-refractivity contribution in [3.05, 3.63) is 59.9 Å². The fourth-order valence-corrected chi connectivity index (χ4v) is 4.45. The third kappa shape index (κ3) is 2.85. The average molecular weight is 375 g/mol. The maximum Gasteiger partial charge on any atom is 0.166 e. The number of aromatic nitrogens is 3. The summed E-state index contributed by atoms with van der Waals surface area (Å²) in [7, 11) is 0. The number of rotatable bonds is 4. The minimum absolute atomic E-state index is 0.111. The van der Waals surface area contributed by atoms with Crippen LogP contribution in [0.25, 0.3) is 11.3 Å². The molecule has 0 aliphatic carbocycles. The van der Waals surface area contributed by atoms with Crippen molar-refractivity contribution < 1.29 is 4.74 Å². The monoisotopic (exact) mass is 375 g/mol. The smallest absolute Gasteiger partial charge is 0.166 e. The second-order valence-electron chi connectivity index (χ2n) is 7.87. The van der Waals surface area contributed by atoms with E-state index in [0.717, 1.165) is 36.5 Å². The average Bonchev–Trinajstić information content (AvgIpc) is 3.43. The molecule has 1 saturated heterocycles. The number of pyridine rings is 1. The molecule has 3 N–H and O–H groups in total. The number of benzene rings is 1. The fraction of sp³-hybridized carbons (Fsp3) is 0.364. The number of nitrogens with two attached hydrogens (primary N) is 1. The van der Waals surface area contributed by atoms with Crippen molar-refractivity contribution >= 4 is 5.82 Å². The van der Waals surface area contributed by atoms with Gasteiger partial charge in [0.05, 0.1) is 5.69 Å². The lowest BCUT2D eigenvalue weighted by atomic mass is 9.82. The number of nitrogen functional groups attached to an aromatic ring is 1. The molecule has 0 radical (unpaired) electrons. The van der Waals surface area contributed by atoms with Crippen molar-refractivity contribution in [2.24, 2.45) is 0 Å². The van der Waals surface area contributed by atoms with E-state index in [1.807, 2.05) is 43.3 Å². The van der Waals surface area contributed by atoms with Crippen molar-refractivity contribution in [1.82, 2.24) is 20.1 Å². The molecule has 2 aliphatic heterocycles. The first kappa shape index (κ1) is 17.3. The Morgan fingerprint density at radius 1 is 1.21 bits per heavy atom. The largest absolute Gasteiger partial charge is 0.482 e. The Kier molecular flexibility index (Phi) is 4.09. The summed E-state index contributed by atoms with van der Waals surface area (Å²) in [5.41, 5.74) is 10.6. The van der Waals surface area contributed by atoms with Gasteiger partial charge in [-0.1, -0.05) is 30.3 Å².